The molecular formula is C21H21FN2O3. The fraction of sp³-hybridized carbons (Fsp3) is 0.238. The van der Waals surface area contributed by atoms with E-state index in [2.05, 4.69) is 5.32 Å². The SMILES string of the molecule is CCOc1cccc(NC2=C(c3ccc(F)cc3)C(=O)N(C(C)C)C2=O)c1. The van der Waals surface area contributed by atoms with Gasteiger partial charge >= 0.3 is 0 Å². The first-order valence-electron chi connectivity index (χ1n) is 8.80. The average Bonchev–Trinajstić information content (AvgIpc) is 2.87. The van der Waals surface area contributed by atoms with Crippen LogP contribution < -0.4 is 10.1 Å². The molecule has 0 bridgehead atoms. The standard InChI is InChI=1S/C21H21FN2O3/c1-4-27-17-7-5-6-16(12-17)23-19-18(14-8-10-15(22)11-9-14)20(25)24(13(2)3)21(19)26/h5-13,23H,4H2,1-3H3. The molecule has 0 aliphatic carbocycles. The second-order valence-corrected chi connectivity index (χ2v) is 6.42. The van der Waals surface area contributed by atoms with Gasteiger partial charge < -0.3 is 10.1 Å². The zero-order valence-electron chi connectivity index (χ0n) is 15.5. The van der Waals surface area contributed by atoms with Gasteiger partial charge in [0.1, 0.15) is 17.3 Å². The van der Waals surface area contributed by atoms with Gasteiger partial charge in [0.2, 0.25) is 0 Å². The highest BCUT2D eigenvalue weighted by molar-refractivity contribution is 6.36. The van der Waals surface area contributed by atoms with E-state index < -0.39 is 17.6 Å². The van der Waals surface area contributed by atoms with E-state index in [0.717, 1.165) is 0 Å². The number of benzene rings is 2. The zero-order valence-corrected chi connectivity index (χ0v) is 15.5. The van der Waals surface area contributed by atoms with Crippen molar-refractivity contribution in [1.29, 1.82) is 0 Å². The third-order valence-electron chi connectivity index (χ3n) is 4.18. The van der Waals surface area contributed by atoms with Crippen molar-refractivity contribution in [2.75, 3.05) is 11.9 Å². The van der Waals surface area contributed by atoms with Crippen molar-refractivity contribution in [2.45, 2.75) is 26.8 Å². The maximum atomic E-state index is 13.3. The van der Waals surface area contributed by atoms with Crippen molar-refractivity contribution in [3.05, 3.63) is 65.6 Å². The van der Waals surface area contributed by atoms with Crippen LogP contribution in [0.1, 0.15) is 26.3 Å². The number of ether oxygens (including phenoxy) is 1. The zero-order chi connectivity index (χ0) is 19.6. The lowest BCUT2D eigenvalue weighted by Gasteiger charge is -2.19. The number of nitrogens with one attached hydrogen (secondary N) is 1. The first kappa shape index (κ1) is 18.6. The van der Waals surface area contributed by atoms with Crippen LogP contribution in [0, 0.1) is 5.82 Å². The van der Waals surface area contributed by atoms with Crippen molar-refractivity contribution < 1.29 is 18.7 Å². The van der Waals surface area contributed by atoms with Gasteiger partial charge in [-0.05, 0) is 50.6 Å². The second-order valence-electron chi connectivity index (χ2n) is 6.42. The monoisotopic (exact) mass is 368 g/mol. The Morgan fingerprint density at radius 1 is 1.07 bits per heavy atom. The molecule has 1 aliphatic heterocycles. The molecule has 3 rings (SSSR count). The molecule has 2 aromatic carbocycles. The molecule has 1 N–H and O–H groups in total. The van der Waals surface area contributed by atoms with Crippen LogP contribution in [0.3, 0.4) is 0 Å². The van der Waals surface area contributed by atoms with Crippen molar-refractivity contribution in [3.63, 3.8) is 0 Å². The Morgan fingerprint density at radius 2 is 1.78 bits per heavy atom. The predicted molar refractivity (Wildman–Crippen MR) is 102 cm³/mol. The van der Waals surface area contributed by atoms with Gasteiger partial charge in [-0.25, -0.2) is 4.39 Å². The Kier molecular flexibility index (Phi) is 5.26. The second kappa shape index (κ2) is 7.61. The smallest absolute Gasteiger partial charge is 0.278 e. The van der Waals surface area contributed by atoms with E-state index in [1.807, 2.05) is 13.0 Å². The van der Waals surface area contributed by atoms with E-state index in [4.69, 9.17) is 4.74 Å². The summed E-state index contributed by atoms with van der Waals surface area (Å²) in [5.74, 6) is -0.555. The number of halogens is 1. The van der Waals surface area contributed by atoms with Crippen LogP contribution in [0.2, 0.25) is 0 Å². The van der Waals surface area contributed by atoms with Crippen LogP contribution in [0.15, 0.2) is 54.2 Å². The summed E-state index contributed by atoms with van der Waals surface area (Å²) in [6, 6.07) is 12.4. The van der Waals surface area contributed by atoms with Crippen LogP contribution in [-0.2, 0) is 9.59 Å². The Bertz CT molecular complexity index is 904. The molecule has 0 fully saturated rings. The van der Waals surface area contributed by atoms with Gasteiger partial charge in [-0.1, -0.05) is 18.2 Å². The minimum Gasteiger partial charge on any atom is -0.494 e. The number of carbonyl (C=O) groups is 2. The number of carbonyl (C=O) groups excluding carboxylic acids is 2. The Balaban J connectivity index is 2.05. The molecule has 0 aromatic heterocycles. The van der Waals surface area contributed by atoms with Crippen LogP contribution in [0.4, 0.5) is 10.1 Å². The van der Waals surface area contributed by atoms with Crippen LogP contribution >= 0.6 is 0 Å². The lowest BCUT2D eigenvalue weighted by Crippen LogP contribution is -2.38. The fourth-order valence-electron chi connectivity index (χ4n) is 2.99. The highest BCUT2D eigenvalue weighted by atomic mass is 19.1. The van der Waals surface area contributed by atoms with Gasteiger partial charge in [0.05, 0.1) is 12.2 Å². The Labute approximate surface area is 157 Å². The van der Waals surface area contributed by atoms with Crippen molar-refractivity contribution in [3.8, 4) is 5.75 Å². The van der Waals surface area contributed by atoms with Crippen molar-refractivity contribution in [1.82, 2.24) is 4.90 Å². The molecule has 2 amide bonds. The number of rotatable bonds is 6. The molecule has 140 valence electrons. The van der Waals surface area contributed by atoms with Gasteiger partial charge in [-0.3, -0.25) is 14.5 Å². The van der Waals surface area contributed by atoms with Crippen molar-refractivity contribution >= 4 is 23.1 Å². The number of imide groups is 1. The number of hydrogen-bond acceptors (Lipinski definition) is 4. The molecule has 2 aromatic rings. The summed E-state index contributed by atoms with van der Waals surface area (Å²) < 4.78 is 18.8. The van der Waals surface area contributed by atoms with Gasteiger partial charge in [-0.15, -0.1) is 0 Å². The number of nitrogens with zero attached hydrogens (tertiary/aromatic N) is 1. The Hall–Kier alpha value is -3.15. The maximum absolute atomic E-state index is 13.3. The molecule has 0 saturated heterocycles. The molecule has 1 heterocycles. The van der Waals surface area contributed by atoms with Crippen molar-refractivity contribution in [2.24, 2.45) is 0 Å². The molecule has 27 heavy (non-hydrogen) atoms. The van der Waals surface area contributed by atoms with E-state index in [1.165, 1.54) is 29.2 Å². The summed E-state index contributed by atoms with van der Waals surface area (Å²) in [6.07, 6.45) is 0. The topological polar surface area (TPSA) is 58.6 Å². The first-order chi connectivity index (χ1) is 12.9. The maximum Gasteiger partial charge on any atom is 0.278 e. The lowest BCUT2D eigenvalue weighted by atomic mass is 10.0. The highest BCUT2D eigenvalue weighted by Gasteiger charge is 2.40. The summed E-state index contributed by atoms with van der Waals surface area (Å²) in [5.41, 5.74) is 1.52. The van der Waals surface area contributed by atoms with E-state index in [1.54, 1.807) is 32.0 Å². The third kappa shape index (κ3) is 3.69. The summed E-state index contributed by atoms with van der Waals surface area (Å²) >= 11 is 0. The molecule has 0 atom stereocenters. The number of amides is 2. The van der Waals surface area contributed by atoms with Gasteiger partial charge in [-0.2, -0.15) is 0 Å². The van der Waals surface area contributed by atoms with E-state index >= 15 is 0 Å². The molecule has 0 spiro atoms. The predicted octanol–water partition coefficient (Wildman–Crippen LogP) is 3.82. The fourth-order valence-corrected chi connectivity index (χ4v) is 2.99. The normalized spacial score (nSPS) is 14.3. The van der Waals surface area contributed by atoms with Gasteiger partial charge in [0, 0.05) is 17.8 Å². The largest absolute Gasteiger partial charge is 0.494 e. The molecule has 0 saturated carbocycles. The van der Waals surface area contributed by atoms with E-state index in [9.17, 15) is 14.0 Å². The number of anilines is 1. The first-order valence-corrected chi connectivity index (χ1v) is 8.80. The van der Waals surface area contributed by atoms with Crippen LogP contribution in [0.25, 0.3) is 5.57 Å². The summed E-state index contributed by atoms with van der Waals surface area (Å²) in [5, 5.41) is 3.06. The quantitative estimate of drug-likeness (QED) is 0.788. The summed E-state index contributed by atoms with van der Waals surface area (Å²) in [6.45, 7) is 5.95. The third-order valence-corrected chi connectivity index (χ3v) is 4.18. The lowest BCUT2D eigenvalue weighted by molar-refractivity contribution is -0.138. The van der Waals surface area contributed by atoms with E-state index in [-0.39, 0.29) is 17.3 Å². The highest BCUT2D eigenvalue weighted by Crippen LogP contribution is 2.32. The average molecular weight is 368 g/mol. The minimum atomic E-state index is -0.407. The van der Waals surface area contributed by atoms with Gasteiger partial charge in [0.15, 0.2) is 0 Å². The minimum absolute atomic E-state index is 0.175. The van der Waals surface area contributed by atoms with Crippen LogP contribution in [0.5, 0.6) is 5.75 Å². The summed E-state index contributed by atoms with van der Waals surface area (Å²) in [4.78, 5) is 27.0. The van der Waals surface area contributed by atoms with Gasteiger partial charge in [0.25, 0.3) is 11.8 Å². The van der Waals surface area contributed by atoms with Crippen LogP contribution in [-0.4, -0.2) is 29.4 Å². The Morgan fingerprint density at radius 3 is 2.41 bits per heavy atom. The molecule has 0 unspecified atom stereocenters. The molecule has 6 heteroatoms. The molecule has 5 nitrogen and oxygen atoms in total. The molecular weight excluding hydrogens is 347 g/mol. The summed E-state index contributed by atoms with van der Waals surface area (Å²) in [7, 11) is 0. The number of hydrogen-bond donors (Lipinski definition) is 1. The van der Waals surface area contributed by atoms with E-state index in [0.29, 0.717) is 23.6 Å². The molecule has 0 radical (unpaired) electrons. The molecule has 1 aliphatic rings.